The summed E-state index contributed by atoms with van der Waals surface area (Å²) >= 11 is 0. The van der Waals surface area contributed by atoms with Crippen molar-refractivity contribution < 1.29 is 0 Å². The first kappa shape index (κ1) is 14.3. The minimum Gasteiger partial charge on any atom is -0.0654 e. The van der Waals surface area contributed by atoms with Gasteiger partial charge >= 0.3 is 0 Å². The lowest BCUT2D eigenvalue weighted by Gasteiger charge is -2.03. The molecule has 0 spiro atoms. The summed E-state index contributed by atoms with van der Waals surface area (Å²) in [5, 5.41) is 0. The molecular formula is C17H27. The fourth-order valence-electron chi connectivity index (χ4n) is 2.25. The zero-order valence-electron chi connectivity index (χ0n) is 11.4. The standard InChI is InChI=1S/C17H27/c1-3-4-5-6-7-8-9-10-13-17-14-11-12-16(2)15-17/h11-12,14-15H,2-10,13H2,1H3. The molecule has 0 aliphatic carbocycles. The van der Waals surface area contributed by atoms with Crippen LogP contribution >= 0.6 is 0 Å². The number of aryl methyl sites for hydroxylation is 1. The zero-order chi connectivity index (χ0) is 12.3. The first-order chi connectivity index (χ1) is 8.33. The summed E-state index contributed by atoms with van der Waals surface area (Å²) in [6.07, 6.45) is 12.4. The van der Waals surface area contributed by atoms with Gasteiger partial charge in [-0.15, -0.1) is 0 Å². The molecule has 0 nitrogen and oxygen atoms in total. The van der Waals surface area contributed by atoms with E-state index in [2.05, 4.69) is 38.1 Å². The van der Waals surface area contributed by atoms with E-state index in [4.69, 9.17) is 0 Å². The van der Waals surface area contributed by atoms with E-state index in [1.54, 1.807) is 0 Å². The molecule has 0 saturated heterocycles. The predicted molar refractivity (Wildman–Crippen MR) is 77.2 cm³/mol. The highest BCUT2D eigenvalue weighted by Gasteiger charge is 1.95. The molecule has 95 valence electrons. The topological polar surface area (TPSA) is 0 Å². The van der Waals surface area contributed by atoms with E-state index in [1.807, 2.05) is 0 Å². The Labute approximate surface area is 107 Å². The third-order valence-corrected chi connectivity index (χ3v) is 3.31. The summed E-state index contributed by atoms with van der Waals surface area (Å²) in [7, 11) is 0. The average Bonchev–Trinajstić information content (AvgIpc) is 2.33. The van der Waals surface area contributed by atoms with Crippen LogP contribution in [0.15, 0.2) is 24.3 Å². The van der Waals surface area contributed by atoms with Crippen molar-refractivity contribution in [1.82, 2.24) is 0 Å². The van der Waals surface area contributed by atoms with Crippen LogP contribution < -0.4 is 0 Å². The first-order valence-electron chi connectivity index (χ1n) is 7.24. The van der Waals surface area contributed by atoms with Crippen molar-refractivity contribution in [2.24, 2.45) is 0 Å². The van der Waals surface area contributed by atoms with Crippen molar-refractivity contribution >= 4 is 0 Å². The number of rotatable bonds is 9. The summed E-state index contributed by atoms with van der Waals surface area (Å²) in [4.78, 5) is 0. The Balaban J connectivity index is 1.97. The van der Waals surface area contributed by atoms with E-state index in [1.165, 1.54) is 63.4 Å². The molecule has 1 aromatic rings. The summed E-state index contributed by atoms with van der Waals surface area (Å²) in [5.74, 6) is 0. The fourth-order valence-corrected chi connectivity index (χ4v) is 2.25. The lowest BCUT2D eigenvalue weighted by atomic mass is 10.0. The highest BCUT2D eigenvalue weighted by Crippen LogP contribution is 2.12. The van der Waals surface area contributed by atoms with Crippen molar-refractivity contribution in [2.45, 2.75) is 64.7 Å². The summed E-state index contributed by atoms with van der Waals surface area (Å²) in [6.45, 7) is 6.24. The normalized spacial score (nSPS) is 10.7. The molecular weight excluding hydrogens is 204 g/mol. The van der Waals surface area contributed by atoms with Crippen molar-refractivity contribution in [1.29, 1.82) is 0 Å². The molecule has 0 saturated carbocycles. The van der Waals surface area contributed by atoms with Gasteiger partial charge in [-0.25, -0.2) is 0 Å². The predicted octanol–water partition coefficient (Wildman–Crippen LogP) is 5.55. The number of unbranched alkanes of at least 4 members (excludes halogenated alkanes) is 7. The Morgan fingerprint density at radius 3 is 2.18 bits per heavy atom. The van der Waals surface area contributed by atoms with Crippen LogP contribution in [0.25, 0.3) is 0 Å². The maximum atomic E-state index is 3.97. The second-order valence-corrected chi connectivity index (χ2v) is 5.04. The second-order valence-electron chi connectivity index (χ2n) is 5.04. The van der Waals surface area contributed by atoms with Gasteiger partial charge in [0, 0.05) is 0 Å². The maximum absolute atomic E-state index is 3.97. The highest BCUT2D eigenvalue weighted by atomic mass is 14.0. The van der Waals surface area contributed by atoms with Gasteiger partial charge in [0.05, 0.1) is 0 Å². The van der Waals surface area contributed by atoms with Gasteiger partial charge in [-0.3, -0.25) is 0 Å². The van der Waals surface area contributed by atoms with Gasteiger partial charge in [0.2, 0.25) is 0 Å². The molecule has 0 amide bonds. The Hall–Kier alpha value is -0.780. The molecule has 0 aliphatic rings. The third-order valence-electron chi connectivity index (χ3n) is 3.31. The van der Waals surface area contributed by atoms with E-state index >= 15 is 0 Å². The van der Waals surface area contributed by atoms with Gasteiger partial charge < -0.3 is 0 Å². The molecule has 0 heterocycles. The van der Waals surface area contributed by atoms with E-state index < -0.39 is 0 Å². The van der Waals surface area contributed by atoms with Gasteiger partial charge in [0.15, 0.2) is 0 Å². The van der Waals surface area contributed by atoms with Gasteiger partial charge in [0.1, 0.15) is 0 Å². The van der Waals surface area contributed by atoms with Crippen LogP contribution in [0.3, 0.4) is 0 Å². The molecule has 0 fully saturated rings. The minimum atomic E-state index is 1.14. The highest BCUT2D eigenvalue weighted by molar-refractivity contribution is 5.25. The van der Waals surface area contributed by atoms with E-state index in [0.717, 1.165) is 5.56 Å². The quantitative estimate of drug-likeness (QED) is 0.489. The molecule has 1 radical (unpaired) electrons. The Kier molecular flexibility index (Phi) is 7.79. The van der Waals surface area contributed by atoms with E-state index in [9.17, 15) is 0 Å². The van der Waals surface area contributed by atoms with Gasteiger partial charge in [-0.05, 0) is 30.9 Å². The van der Waals surface area contributed by atoms with Crippen LogP contribution in [0.2, 0.25) is 0 Å². The van der Waals surface area contributed by atoms with Crippen LogP contribution in [0, 0.1) is 6.92 Å². The van der Waals surface area contributed by atoms with E-state index in [0.29, 0.717) is 0 Å². The molecule has 0 atom stereocenters. The van der Waals surface area contributed by atoms with Crippen LogP contribution in [0.1, 0.15) is 69.4 Å². The minimum absolute atomic E-state index is 1.14. The molecule has 1 rings (SSSR count). The SMILES string of the molecule is [CH2]c1cccc(CCCCCCCCCC)c1. The summed E-state index contributed by atoms with van der Waals surface area (Å²) < 4.78 is 0. The third kappa shape index (κ3) is 7.20. The average molecular weight is 231 g/mol. The van der Waals surface area contributed by atoms with Crippen LogP contribution in [-0.4, -0.2) is 0 Å². The molecule has 0 unspecified atom stereocenters. The largest absolute Gasteiger partial charge is 0.0654 e. The van der Waals surface area contributed by atoms with Crippen molar-refractivity contribution in [3.8, 4) is 0 Å². The molecule has 0 aliphatic heterocycles. The van der Waals surface area contributed by atoms with Crippen LogP contribution in [0.5, 0.6) is 0 Å². The van der Waals surface area contributed by atoms with Crippen molar-refractivity contribution in [3.63, 3.8) is 0 Å². The molecule has 1 aromatic carbocycles. The number of hydrogen-bond acceptors (Lipinski definition) is 0. The molecule has 17 heavy (non-hydrogen) atoms. The van der Waals surface area contributed by atoms with Gasteiger partial charge in [-0.2, -0.15) is 0 Å². The van der Waals surface area contributed by atoms with Crippen LogP contribution in [-0.2, 0) is 6.42 Å². The Morgan fingerprint density at radius 2 is 1.53 bits per heavy atom. The summed E-state index contributed by atoms with van der Waals surface area (Å²) in [6, 6.07) is 8.61. The fraction of sp³-hybridized carbons (Fsp3) is 0.588. The Morgan fingerprint density at radius 1 is 0.882 bits per heavy atom. The first-order valence-corrected chi connectivity index (χ1v) is 7.24. The second kappa shape index (κ2) is 9.27. The van der Waals surface area contributed by atoms with Crippen LogP contribution in [0.4, 0.5) is 0 Å². The Bertz CT molecular complexity index is 288. The monoisotopic (exact) mass is 231 g/mol. The van der Waals surface area contributed by atoms with E-state index in [-0.39, 0.29) is 0 Å². The molecule has 0 bridgehead atoms. The van der Waals surface area contributed by atoms with Gasteiger partial charge in [-0.1, -0.05) is 76.1 Å². The smallest absolute Gasteiger partial charge is 0.0238 e. The lowest BCUT2D eigenvalue weighted by molar-refractivity contribution is 0.575. The molecule has 0 heteroatoms. The summed E-state index contributed by atoms with van der Waals surface area (Å²) in [5.41, 5.74) is 2.59. The van der Waals surface area contributed by atoms with Crippen molar-refractivity contribution in [3.05, 3.63) is 42.3 Å². The number of benzene rings is 1. The molecule has 0 N–H and O–H groups in total. The zero-order valence-corrected chi connectivity index (χ0v) is 11.4. The molecule has 0 aromatic heterocycles. The lowest BCUT2D eigenvalue weighted by Crippen LogP contribution is -1.87. The maximum Gasteiger partial charge on any atom is -0.0238 e. The van der Waals surface area contributed by atoms with Crippen molar-refractivity contribution in [2.75, 3.05) is 0 Å². The number of hydrogen-bond donors (Lipinski definition) is 0. The van der Waals surface area contributed by atoms with Gasteiger partial charge in [0.25, 0.3) is 0 Å².